The lowest BCUT2D eigenvalue weighted by Crippen LogP contribution is -2.36. The second-order valence-electron chi connectivity index (χ2n) is 6.41. The molecule has 0 aliphatic carbocycles. The fourth-order valence-corrected chi connectivity index (χ4v) is 4.45. The molecular formula is C19H21FN2O3S. The Bertz CT molecular complexity index is 922. The van der Waals surface area contributed by atoms with Gasteiger partial charge in [-0.15, -0.1) is 0 Å². The lowest BCUT2D eigenvalue weighted by atomic mass is 10.1. The molecule has 0 spiro atoms. The molecule has 1 N–H and O–H groups in total. The number of piperidine rings is 1. The number of hydrogen-bond acceptors (Lipinski definition) is 3. The Labute approximate surface area is 152 Å². The van der Waals surface area contributed by atoms with Gasteiger partial charge in [0.15, 0.2) is 0 Å². The summed E-state index contributed by atoms with van der Waals surface area (Å²) in [5.74, 6) is -0.680. The topological polar surface area (TPSA) is 66.5 Å². The van der Waals surface area contributed by atoms with E-state index in [-0.39, 0.29) is 16.5 Å². The molecule has 138 valence electrons. The lowest BCUT2D eigenvalue weighted by molar-refractivity contribution is 0.0725. The van der Waals surface area contributed by atoms with Gasteiger partial charge in [-0.25, -0.2) is 12.8 Å². The maximum atomic E-state index is 13.3. The van der Waals surface area contributed by atoms with Crippen molar-refractivity contribution in [3.63, 3.8) is 0 Å². The molecule has 1 amide bonds. The predicted octanol–water partition coefficient (Wildman–Crippen LogP) is 3.56. The summed E-state index contributed by atoms with van der Waals surface area (Å²) >= 11 is 0. The first-order valence-corrected chi connectivity index (χ1v) is 10.0. The van der Waals surface area contributed by atoms with Gasteiger partial charge in [-0.05, 0) is 62.1 Å². The molecule has 2 aromatic carbocycles. The molecule has 0 saturated carbocycles. The van der Waals surface area contributed by atoms with Gasteiger partial charge >= 0.3 is 0 Å². The van der Waals surface area contributed by atoms with Gasteiger partial charge in [0.2, 0.25) is 0 Å². The summed E-state index contributed by atoms with van der Waals surface area (Å²) in [7, 11) is -3.93. The maximum Gasteiger partial charge on any atom is 0.262 e. The van der Waals surface area contributed by atoms with E-state index in [9.17, 15) is 17.6 Å². The number of sulfonamides is 1. The summed E-state index contributed by atoms with van der Waals surface area (Å²) < 4.78 is 41.2. The molecule has 0 radical (unpaired) electrons. The number of hydrogen-bond donors (Lipinski definition) is 1. The zero-order chi connectivity index (χ0) is 18.7. The number of benzene rings is 2. The maximum absolute atomic E-state index is 13.3. The Morgan fingerprint density at radius 2 is 1.77 bits per heavy atom. The van der Waals surface area contributed by atoms with E-state index in [1.165, 1.54) is 19.1 Å². The average molecular weight is 376 g/mol. The lowest BCUT2D eigenvalue weighted by Gasteiger charge is -2.27. The SMILES string of the molecule is Cc1cc(F)ccc1S(=O)(=O)Nc1ccccc1C(=O)N1CCCCC1. The van der Waals surface area contributed by atoms with Gasteiger partial charge in [0.1, 0.15) is 5.82 Å². The van der Waals surface area contributed by atoms with Crippen LogP contribution in [0.5, 0.6) is 0 Å². The van der Waals surface area contributed by atoms with Crippen LogP contribution in [-0.4, -0.2) is 32.3 Å². The Hall–Kier alpha value is -2.41. The van der Waals surface area contributed by atoms with E-state index in [4.69, 9.17) is 0 Å². The summed E-state index contributed by atoms with van der Waals surface area (Å²) in [6, 6.07) is 10.0. The van der Waals surface area contributed by atoms with Gasteiger partial charge < -0.3 is 4.90 Å². The number of para-hydroxylation sites is 1. The molecule has 1 fully saturated rings. The Morgan fingerprint density at radius 3 is 2.46 bits per heavy atom. The molecule has 0 atom stereocenters. The number of nitrogens with zero attached hydrogens (tertiary/aromatic N) is 1. The minimum Gasteiger partial charge on any atom is -0.339 e. The van der Waals surface area contributed by atoms with E-state index in [0.29, 0.717) is 24.2 Å². The Balaban J connectivity index is 1.91. The quantitative estimate of drug-likeness (QED) is 0.887. The summed E-state index contributed by atoms with van der Waals surface area (Å²) in [6.45, 7) is 2.89. The smallest absolute Gasteiger partial charge is 0.262 e. The second-order valence-corrected chi connectivity index (χ2v) is 8.06. The third-order valence-electron chi connectivity index (χ3n) is 4.47. The van der Waals surface area contributed by atoms with Crippen LogP contribution in [0, 0.1) is 12.7 Å². The third kappa shape index (κ3) is 3.88. The van der Waals surface area contributed by atoms with Crippen molar-refractivity contribution < 1.29 is 17.6 Å². The highest BCUT2D eigenvalue weighted by atomic mass is 32.2. The molecular weight excluding hydrogens is 355 g/mol. The van der Waals surface area contributed by atoms with Gasteiger partial charge in [-0.3, -0.25) is 9.52 Å². The van der Waals surface area contributed by atoms with Crippen LogP contribution in [0.4, 0.5) is 10.1 Å². The first kappa shape index (κ1) is 18.4. The predicted molar refractivity (Wildman–Crippen MR) is 98.1 cm³/mol. The van der Waals surface area contributed by atoms with Crippen LogP contribution >= 0.6 is 0 Å². The second kappa shape index (κ2) is 7.45. The van der Waals surface area contributed by atoms with Gasteiger partial charge in [-0.2, -0.15) is 0 Å². The number of halogens is 1. The van der Waals surface area contributed by atoms with Crippen molar-refractivity contribution in [2.45, 2.75) is 31.1 Å². The van der Waals surface area contributed by atoms with Crippen molar-refractivity contribution in [2.24, 2.45) is 0 Å². The minimum atomic E-state index is -3.93. The van der Waals surface area contributed by atoms with Crippen LogP contribution in [-0.2, 0) is 10.0 Å². The Morgan fingerprint density at radius 1 is 1.08 bits per heavy atom. The molecule has 3 rings (SSSR count). The van der Waals surface area contributed by atoms with Gasteiger partial charge in [0, 0.05) is 13.1 Å². The first-order chi connectivity index (χ1) is 12.4. The largest absolute Gasteiger partial charge is 0.339 e. The van der Waals surface area contributed by atoms with Crippen LogP contribution in [0.25, 0.3) is 0 Å². The van der Waals surface area contributed by atoms with Crippen molar-refractivity contribution >= 4 is 21.6 Å². The van der Waals surface area contributed by atoms with E-state index < -0.39 is 15.8 Å². The molecule has 26 heavy (non-hydrogen) atoms. The molecule has 0 aromatic heterocycles. The fourth-order valence-electron chi connectivity index (χ4n) is 3.14. The van der Waals surface area contributed by atoms with E-state index in [0.717, 1.165) is 25.3 Å². The van der Waals surface area contributed by atoms with Gasteiger partial charge in [0.25, 0.3) is 15.9 Å². The Kier molecular flexibility index (Phi) is 5.27. The van der Waals surface area contributed by atoms with Crippen molar-refractivity contribution in [3.8, 4) is 0 Å². The first-order valence-electron chi connectivity index (χ1n) is 8.56. The number of carbonyl (C=O) groups excluding carboxylic acids is 1. The van der Waals surface area contributed by atoms with Crippen LogP contribution < -0.4 is 4.72 Å². The zero-order valence-electron chi connectivity index (χ0n) is 14.5. The molecule has 0 bridgehead atoms. The van der Waals surface area contributed by atoms with E-state index >= 15 is 0 Å². The van der Waals surface area contributed by atoms with E-state index in [1.807, 2.05) is 0 Å². The van der Waals surface area contributed by atoms with Crippen molar-refractivity contribution in [3.05, 3.63) is 59.4 Å². The molecule has 2 aromatic rings. The van der Waals surface area contributed by atoms with E-state index in [2.05, 4.69) is 4.72 Å². The van der Waals surface area contributed by atoms with Gasteiger partial charge in [-0.1, -0.05) is 12.1 Å². The number of amides is 1. The minimum absolute atomic E-state index is 0.0147. The third-order valence-corrected chi connectivity index (χ3v) is 6.00. The van der Waals surface area contributed by atoms with Crippen LogP contribution in [0.3, 0.4) is 0 Å². The molecule has 7 heteroatoms. The molecule has 1 saturated heterocycles. The number of anilines is 1. The van der Waals surface area contributed by atoms with Crippen LogP contribution in [0.2, 0.25) is 0 Å². The highest BCUT2D eigenvalue weighted by Gasteiger charge is 2.24. The van der Waals surface area contributed by atoms with E-state index in [1.54, 1.807) is 29.2 Å². The highest BCUT2D eigenvalue weighted by molar-refractivity contribution is 7.92. The number of carbonyl (C=O) groups is 1. The fraction of sp³-hybridized carbons (Fsp3) is 0.316. The summed E-state index contributed by atoms with van der Waals surface area (Å²) in [4.78, 5) is 14.5. The molecule has 1 aliphatic heterocycles. The number of nitrogens with one attached hydrogen (secondary N) is 1. The normalized spacial score (nSPS) is 14.9. The van der Waals surface area contributed by atoms with Crippen LogP contribution in [0.1, 0.15) is 35.2 Å². The summed E-state index contributed by atoms with van der Waals surface area (Å²) in [5, 5.41) is 0. The standard InChI is InChI=1S/C19H21FN2O3S/c1-14-13-15(20)9-10-18(14)26(24,25)21-17-8-4-3-7-16(17)19(23)22-11-5-2-6-12-22/h3-4,7-10,13,21H,2,5-6,11-12H2,1H3. The number of rotatable bonds is 4. The molecule has 1 aliphatic rings. The van der Waals surface area contributed by atoms with Gasteiger partial charge in [0.05, 0.1) is 16.1 Å². The monoisotopic (exact) mass is 376 g/mol. The number of aryl methyl sites for hydroxylation is 1. The highest BCUT2D eigenvalue weighted by Crippen LogP contribution is 2.24. The van der Waals surface area contributed by atoms with Crippen LogP contribution in [0.15, 0.2) is 47.4 Å². The molecule has 1 heterocycles. The van der Waals surface area contributed by atoms with Crippen molar-refractivity contribution in [2.75, 3.05) is 17.8 Å². The number of likely N-dealkylation sites (tertiary alicyclic amines) is 1. The molecule has 0 unspecified atom stereocenters. The van der Waals surface area contributed by atoms with Crippen molar-refractivity contribution in [1.82, 2.24) is 4.90 Å². The van der Waals surface area contributed by atoms with Crippen molar-refractivity contribution in [1.29, 1.82) is 0 Å². The summed E-state index contributed by atoms with van der Waals surface area (Å²) in [5.41, 5.74) is 0.849. The average Bonchev–Trinajstić information content (AvgIpc) is 2.61. The zero-order valence-corrected chi connectivity index (χ0v) is 15.4. The molecule has 5 nitrogen and oxygen atoms in total. The summed E-state index contributed by atoms with van der Waals surface area (Å²) in [6.07, 6.45) is 3.00.